The van der Waals surface area contributed by atoms with Gasteiger partial charge in [-0.05, 0) is 50.2 Å². The Labute approximate surface area is 201 Å². The van der Waals surface area contributed by atoms with Crippen LogP contribution in [-0.4, -0.2) is 23.7 Å². The molecule has 0 atom stereocenters. The first kappa shape index (κ1) is 24.0. The minimum atomic E-state index is -0.142. The second kappa shape index (κ2) is 11.8. The van der Waals surface area contributed by atoms with Gasteiger partial charge in [0.1, 0.15) is 5.84 Å². The second-order valence-electron chi connectivity index (χ2n) is 7.66. The van der Waals surface area contributed by atoms with Gasteiger partial charge in [0.2, 0.25) is 0 Å². The van der Waals surface area contributed by atoms with Crippen molar-refractivity contribution >= 4 is 29.0 Å². The average molecular weight is 455 g/mol. The zero-order chi connectivity index (χ0) is 23.6. The maximum absolute atomic E-state index is 12.9. The fourth-order valence-corrected chi connectivity index (χ4v) is 3.20. The molecule has 1 amide bonds. The summed E-state index contributed by atoms with van der Waals surface area (Å²) in [5.74, 6) is 0.450. The van der Waals surface area contributed by atoms with E-state index < -0.39 is 0 Å². The van der Waals surface area contributed by atoms with Crippen molar-refractivity contribution in [1.29, 1.82) is 0 Å². The molecule has 0 fully saturated rings. The van der Waals surface area contributed by atoms with E-state index in [0.29, 0.717) is 16.4 Å². The van der Waals surface area contributed by atoms with Gasteiger partial charge in [-0.1, -0.05) is 95.5 Å². The molecule has 0 N–H and O–H groups in total. The van der Waals surface area contributed by atoms with Gasteiger partial charge in [0, 0.05) is 23.2 Å². The van der Waals surface area contributed by atoms with E-state index in [-0.39, 0.29) is 5.91 Å². The minimum absolute atomic E-state index is 0.142. The lowest BCUT2D eigenvalue weighted by Gasteiger charge is -2.20. The van der Waals surface area contributed by atoms with Crippen molar-refractivity contribution in [3.63, 3.8) is 0 Å². The second-order valence-corrected chi connectivity index (χ2v) is 8.10. The van der Waals surface area contributed by atoms with E-state index >= 15 is 0 Å². The smallest absolute Gasteiger partial charge is 0.259 e. The van der Waals surface area contributed by atoms with Crippen molar-refractivity contribution in [3.8, 4) is 0 Å². The maximum Gasteiger partial charge on any atom is 0.259 e. The van der Waals surface area contributed by atoms with Gasteiger partial charge in [-0.2, -0.15) is 0 Å². The predicted octanol–water partition coefficient (Wildman–Crippen LogP) is 7.49. The lowest BCUT2D eigenvalue weighted by Crippen LogP contribution is -2.33. The highest BCUT2D eigenvalue weighted by Crippen LogP contribution is 2.18. The summed E-state index contributed by atoms with van der Waals surface area (Å²) in [6.45, 7) is 4.11. The van der Waals surface area contributed by atoms with Gasteiger partial charge in [-0.15, -0.1) is 0 Å². The number of halogens is 1. The summed E-state index contributed by atoms with van der Waals surface area (Å²) in [4.78, 5) is 19.2. The van der Waals surface area contributed by atoms with E-state index in [1.807, 2.05) is 79.7 Å². The molecule has 4 rings (SSSR count). The summed E-state index contributed by atoms with van der Waals surface area (Å²) in [7, 11) is 1.73. The van der Waals surface area contributed by atoms with Crippen LogP contribution in [0.25, 0.3) is 0 Å². The molecule has 0 radical (unpaired) electrons. The van der Waals surface area contributed by atoms with Crippen molar-refractivity contribution in [2.45, 2.75) is 13.8 Å². The van der Waals surface area contributed by atoms with Crippen LogP contribution >= 0.6 is 11.6 Å². The average Bonchev–Trinajstić information content (AvgIpc) is 2.85. The van der Waals surface area contributed by atoms with Crippen molar-refractivity contribution in [2.75, 3.05) is 7.05 Å². The quantitative estimate of drug-likeness (QED) is 0.233. The zero-order valence-electron chi connectivity index (χ0n) is 19.1. The number of hydrogen-bond acceptors (Lipinski definition) is 2. The van der Waals surface area contributed by atoms with Gasteiger partial charge in [-0.3, -0.25) is 9.69 Å². The van der Waals surface area contributed by atoms with Crippen LogP contribution in [0.2, 0.25) is 5.02 Å². The molecule has 0 saturated heterocycles. The summed E-state index contributed by atoms with van der Waals surface area (Å²) in [6, 6.07) is 34.7. The van der Waals surface area contributed by atoms with Crippen molar-refractivity contribution in [2.24, 2.45) is 4.99 Å². The molecule has 33 heavy (non-hydrogen) atoms. The number of hydrogen-bond donors (Lipinski definition) is 0. The van der Waals surface area contributed by atoms with Crippen LogP contribution in [0.5, 0.6) is 0 Å². The highest BCUT2D eigenvalue weighted by molar-refractivity contribution is 6.30. The van der Waals surface area contributed by atoms with Crippen LogP contribution in [0.3, 0.4) is 0 Å². The molecule has 0 aliphatic heterocycles. The van der Waals surface area contributed by atoms with Crippen LogP contribution in [0, 0.1) is 13.8 Å². The maximum atomic E-state index is 12.9. The molecule has 0 spiro atoms. The van der Waals surface area contributed by atoms with Crippen LogP contribution in [-0.2, 0) is 0 Å². The van der Waals surface area contributed by atoms with Crippen molar-refractivity contribution in [3.05, 3.63) is 136 Å². The van der Waals surface area contributed by atoms with Crippen LogP contribution in [0.15, 0.2) is 114 Å². The lowest BCUT2D eigenvalue weighted by molar-refractivity contribution is 0.0871. The molecule has 4 aromatic rings. The van der Waals surface area contributed by atoms with E-state index in [9.17, 15) is 4.79 Å². The van der Waals surface area contributed by atoms with E-state index in [4.69, 9.17) is 16.6 Å². The van der Waals surface area contributed by atoms with E-state index in [0.717, 1.165) is 16.8 Å². The zero-order valence-corrected chi connectivity index (χ0v) is 19.8. The summed E-state index contributed by atoms with van der Waals surface area (Å²) in [5.41, 5.74) is 4.71. The third kappa shape index (κ3) is 7.16. The monoisotopic (exact) mass is 454 g/mol. The summed E-state index contributed by atoms with van der Waals surface area (Å²) in [5, 5.41) is 0.598. The summed E-state index contributed by atoms with van der Waals surface area (Å²) in [6.07, 6.45) is 0. The molecular formula is C29H27ClN2O. The summed E-state index contributed by atoms with van der Waals surface area (Å²) >= 11 is 5.93. The number of aliphatic imine (C=N–C) groups is 1. The van der Waals surface area contributed by atoms with Crippen LogP contribution < -0.4 is 0 Å². The standard InChI is InChI=1S/C22H19ClN2O.C7H8/c1-16-8-14-20(15-9-16)24-21(17-6-4-3-5-7-17)25(2)22(26)18-10-12-19(23)13-11-18;1-7-5-3-2-4-6-7/h3-15H,1-2H3;2-6H,1H3. The SMILES string of the molecule is Cc1ccc(N=C(c2ccccc2)N(C)C(=O)c2ccc(Cl)cc2)cc1.Cc1ccccc1. The first-order valence-corrected chi connectivity index (χ1v) is 11.1. The molecule has 0 unspecified atom stereocenters. The van der Waals surface area contributed by atoms with Gasteiger partial charge in [0.25, 0.3) is 5.91 Å². The molecule has 0 aliphatic rings. The fraction of sp³-hybridized carbons (Fsp3) is 0.103. The Morgan fingerprint density at radius 3 is 1.70 bits per heavy atom. The lowest BCUT2D eigenvalue weighted by atomic mass is 10.1. The third-order valence-corrected chi connectivity index (χ3v) is 5.21. The van der Waals surface area contributed by atoms with Crippen LogP contribution in [0.1, 0.15) is 27.0 Å². The minimum Gasteiger partial charge on any atom is -0.295 e. The number of amidine groups is 1. The Hall–Kier alpha value is -3.69. The Morgan fingerprint density at radius 2 is 1.18 bits per heavy atom. The molecule has 0 aliphatic carbocycles. The van der Waals surface area contributed by atoms with Gasteiger partial charge >= 0.3 is 0 Å². The Balaban J connectivity index is 0.000000374. The number of benzene rings is 4. The number of carbonyl (C=O) groups excluding carboxylic acids is 1. The molecule has 0 bridgehead atoms. The van der Waals surface area contributed by atoms with E-state index in [1.165, 1.54) is 5.56 Å². The Kier molecular flexibility index (Phi) is 8.56. The fourth-order valence-electron chi connectivity index (χ4n) is 3.08. The molecule has 166 valence electrons. The van der Waals surface area contributed by atoms with Crippen LogP contribution in [0.4, 0.5) is 5.69 Å². The van der Waals surface area contributed by atoms with Crippen molar-refractivity contribution < 1.29 is 4.79 Å². The third-order valence-electron chi connectivity index (χ3n) is 4.95. The topological polar surface area (TPSA) is 32.7 Å². The summed E-state index contributed by atoms with van der Waals surface area (Å²) < 4.78 is 0. The molecule has 0 aromatic heterocycles. The number of aryl methyl sites for hydroxylation is 2. The van der Waals surface area contributed by atoms with E-state index in [2.05, 4.69) is 19.1 Å². The Bertz CT molecular complexity index is 1190. The normalized spacial score (nSPS) is 10.7. The molecule has 0 saturated carbocycles. The van der Waals surface area contributed by atoms with Crippen molar-refractivity contribution in [1.82, 2.24) is 4.90 Å². The Morgan fingerprint density at radius 1 is 0.667 bits per heavy atom. The first-order valence-electron chi connectivity index (χ1n) is 10.7. The van der Waals surface area contributed by atoms with Gasteiger partial charge in [0.05, 0.1) is 5.69 Å². The number of carbonyl (C=O) groups is 1. The van der Waals surface area contributed by atoms with Gasteiger partial charge in [0.15, 0.2) is 0 Å². The van der Waals surface area contributed by atoms with E-state index in [1.54, 1.807) is 36.2 Å². The number of amides is 1. The number of nitrogens with zero attached hydrogens (tertiary/aromatic N) is 2. The molecule has 3 nitrogen and oxygen atoms in total. The predicted molar refractivity (Wildman–Crippen MR) is 139 cm³/mol. The molecule has 4 aromatic carbocycles. The molecular weight excluding hydrogens is 428 g/mol. The highest BCUT2D eigenvalue weighted by Gasteiger charge is 2.18. The largest absolute Gasteiger partial charge is 0.295 e. The highest BCUT2D eigenvalue weighted by atomic mass is 35.5. The first-order chi connectivity index (χ1) is 15.9. The van der Waals surface area contributed by atoms with Gasteiger partial charge in [-0.25, -0.2) is 4.99 Å². The van der Waals surface area contributed by atoms with Gasteiger partial charge < -0.3 is 0 Å². The molecule has 4 heteroatoms. The molecule has 0 heterocycles. The number of rotatable bonds is 3.